The maximum Gasteiger partial charge on any atom is 0.240 e. The van der Waals surface area contributed by atoms with Crippen molar-refractivity contribution in [2.24, 2.45) is 5.92 Å². The van der Waals surface area contributed by atoms with Crippen LogP contribution in [-0.2, 0) is 22.9 Å². The number of pyridine rings is 1. The summed E-state index contributed by atoms with van der Waals surface area (Å²) in [7, 11) is -3.58. The van der Waals surface area contributed by atoms with Crippen LogP contribution in [0.15, 0.2) is 53.7 Å². The SMILES string of the molecule is CCc1ccccc1S(=O)(=O)NC[C@@H](CO)Cc1cccnc1. The summed E-state index contributed by atoms with van der Waals surface area (Å²) >= 11 is 0. The Bertz CT molecular complexity index is 718. The summed E-state index contributed by atoms with van der Waals surface area (Å²) < 4.78 is 27.6. The molecule has 0 aliphatic carbocycles. The van der Waals surface area contributed by atoms with Crippen LogP contribution in [0.25, 0.3) is 0 Å². The molecule has 0 saturated heterocycles. The lowest BCUT2D eigenvalue weighted by Gasteiger charge is -2.16. The van der Waals surface area contributed by atoms with Crippen LogP contribution in [-0.4, -0.2) is 31.7 Å². The van der Waals surface area contributed by atoms with E-state index in [1.54, 1.807) is 24.5 Å². The molecule has 0 aliphatic heterocycles. The standard InChI is InChI=1S/C17H22N2O3S/c1-2-16-7-3-4-8-17(16)23(21,22)19-12-15(13-20)10-14-6-5-9-18-11-14/h3-9,11,15,19-20H,2,10,12-13H2,1H3/t15-/m0/s1. The molecule has 5 nitrogen and oxygen atoms in total. The number of rotatable bonds is 8. The van der Waals surface area contributed by atoms with Crippen LogP contribution in [0.2, 0.25) is 0 Å². The lowest BCUT2D eigenvalue weighted by molar-refractivity contribution is 0.227. The van der Waals surface area contributed by atoms with Crippen LogP contribution in [0.1, 0.15) is 18.1 Å². The number of aliphatic hydroxyl groups is 1. The molecule has 0 amide bonds. The molecule has 1 aromatic carbocycles. The Balaban J connectivity index is 2.05. The Morgan fingerprint density at radius 1 is 1.22 bits per heavy atom. The normalized spacial score (nSPS) is 13.0. The van der Waals surface area contributed by atoms with E-state index in [4.69, 9.17) is 0 Å². The highest BCUT2D eigenvalue weighted by atomic mass is 32.2. The highest BCUT2D eigenvalue weighted by Crippen LogP contribution is 2.16. The Morgan fingerprint density at radius 3 is 2.65 bits per heavy atom. The van der Waals surface area contributed by atoms with Crippen molar-refractivity contribution in [3.63, 3.8) is 0 Å². The predicted molar refractivity (Wildman–Crippen MR) is 89.5 cm³/mol. The van der Waals surface area contributed by atoms with E-state index in [-0.39, 0.29) is 19.1 Å². The number of hydrogen-bond donors (Lipinski definition) is 2. The minimum atomic E-state index is -3.58. The Morgan fingerprint density at radius 2 is 2.00 bits per heavy atom. The van der Waals surface area contributed by atoms with Gasteiger partial charge in [0.2, 0.25) is 10.0 Å². The molecule has 124 valence electrons. The van der Waals surface area contributed by atoms with E-state index in [2.05, 4.69) is 9.71 Å². The molecule has 0 saturated carbocycles. The second-order valence-corrected chi connectivity index (χ2v) is 7.16. The molecule has 0 spiro atoms. The maximum atomic E-state index is 12.5. The maximum absolute atomic E-state index is 12.5. The van der Waals surface area contributed by atoms with Gasteiger partial charge in [-0.1, -0.05) is 31.2 Å². The van der Waals surface area contributed by atoms with Gasteiger partial charge in [0.15, 0.2) is 0 Å². The van der Waals surface area contributed by atoms with Gasteiger partial charge in [0.05, 0.1) is 4.90 Å². The van der Waals surface area contributed by atoms with Crippen LogP contribution >= 0.6 is 0 Å². The summed E-state index contributed by atoms with van der Waals surface area (Å²) in [5, 5.41) is 9.50. The van der Waals surface area contributed by atoms with E-state index in [1.165, 1.54) is 0 Å². The average Bonchev–Trinajstić information content (AvgIpc) is 2.59. The molecule has 0 unspecified atom stereocenters. The van der Waals surface area contributed by atoms with Crippen molar-refractivity contribution in [2.45, 2.75) is 24.7 Å². The van der Waals surface area contributed by atoms with Crippen molar-refractivity contribution in [1.82, 2.24) is 9.71 Å². The first kappa shape index (κ1) is 17.6. The number of aryl methyl sites for hydroxylation is 1. The van der Waals surface area contributed by atoms with Gasteiger partial charge in [0.1, 0.15) is 0 Å². The summed E-state index contributed by atoms with van der Waals surface area (Å²) in [5.74, 6) is -0.192. The van der Waals surface area contributed by atoms with Crippen molar-refractivity contribution in [2.75, 3.05) is 13.2 Å². The number of nitrogens with zero attached hydrogens (tertiary/aromatic N) is 1. The van der Waals surface area contributed by atoms with Crippen LogP contribution in [0.4, 0.5) is 0 Å². The number of benzene rings is 1. The van der Waals surface area contributed by atoms with Crippen LogP contribution in [0.5, 0.6) is 0 Å². The van der Waals surface area contributed by atoms with Gasteiger partial charge in [-0.05, 0) is 42.0 Å². The fourth-order valence-corrected chi connectivity index (χ4v) is 3.84. The third-order valence-electron chi connectivity index (χ3n) is 3.71. The number of hydrogen-bond acceptors (Lipinski definition) is 4. The third kappa shape index (κ3) is 4.86. The zero-order valence-corrected chi connectivity index (χ0v) is 14.0. The fraction of sp³-hybridized carbons (Fsp3) is 0.353. The molecule has 1 aromatic heterocycles. The molecular weight excluding hydrogens is 312 g/mol. The average molecular weight is 334 g/mol. The summed E-state index contributed by atoms with van der Waals surface area (Å²) in [6.45, 7) is 2.02. The molecule has 0 radical (unpaired) electrons. The Kier molecular flexibility index (Phi) is 6.27. The summed E-state index contributed by atoms with van der Waals surface area (Å²) in [5.41, 5.74) is 1.76. The molecule has 23 heavy (non-hydrogen) atoms. The van der Waals surface area contributed by atoms with Crippen LogP contribution < -0.4 is 4.72 Å². The van der Waals surface area contributed by atoms with Gasteiger partial charge in [-0.3, -0.25) is 4.98 Å². The first-order valence-corrected chi connectivity index (χ1v) is 9.12. The summed E-state index contributed by atoms with van der Waals surface area (Å²) in [6.07, 6.45) is 4.63. The number of sulfonamides is 1. The zero-order chi connectivity index (χ0) is 16.7. The monoisotopic (exact) mass is 334 g/mol. The second kappa shape index (κ2) is 8.19. The van der Waals surface area contributed by atoms with Crippen LogP contribution in [0, 0.1) is 5.92 Å². The van der Waals surface area contributed by atoms with E-state index < -0.39 is 10.0 Å². The second-order valence-electron chi connectivity index (χ2n) is 5.43. The van der Waals surface area contributed by atoms with Gasteiger partial charge in [-0.2, -0.15) is 0 Å². The number of aliphatic hydroxyl groups excluding tert-OH is 1. The minimum Gasteiger partial charge on any atom is -0.396 e. The number of nitrogens with one attached hydrogen (secondary N) is 1. The smallest absolute Gasteiger partial charge is 0.240 e. The van der Waals surface area contributed by atoms with E-state index in [9.17, 15) is 13.5 Å². The summed E-state index contributed by atoms with van der Waals surface area (Å²) in [4.78, 5) is 4.34. The van der Waals surface area contributed by atoms with E-state index in [1.807, 2.05) is 31.2 Å². The molecule has 0 fully saturated rings. The van der Waals surface area contributed by atoms with Gasteiger partial charge in [0.25, 0.3) is 0 Å². The van der Waals surface area contributed by atoms with E-state index in [0.29, 0.717) is 17.7 Å². The quantitative estimate of drug-likeness (QED) is 0.771. The lowest BCUT2D eigenvalue weighted by Crippen LogP contribution is -2.32. The van der Waals surface area contributed by atoms with Crippen molar-refractivity contribution in [3.05, 3.63) is 59.9 Å². The van der Waals surface area contributed by atoms with Crippen LogP contribution in [0.3, 0.4) is 0 Å². The van der Waals surface area contributed by atoms with E-state index in [0.717, 1.165) is 11.1 Å². The van der Waals surface area contributed by atoms with Gasteiger partial charge in [0, 0.05) is 25.5 Å². The molecule has 2 aromatic rings. The first-order chi connectivity index (χ1) is 11.1. The Hall–Kier alpha value is -1.76. The molecule has 2 rings (SSSR count). The highest BCUT2D eigenvalue weighted by Gasteiger charge is 2.19. The van der Waals surface area contributed by atoms with Gasteiger partial charge >= 0.3 is 0 Å². The predicted octanol–water partition coefficient (Wildman–Crippen LogP) is 1.77. The largest absolute Gasteiger partial charge is 0.396 e. The highest BCUT2D eigenvalue weighted by molar-refractivity contribution is 7.89. The van der Waals surface area contributed by atoms with Crippen molar-refractivity contribution < 1.29 is 13.5 Å². The van der Waals surface area contributed by atoms with E-state index >= 15 is 0 Å². The van der Waals surface area contributed by atoms with Gasteiger partial charge in [-0.15, -0.1) is 0 Å². The van der Waals surface area contributed by atoms with Gasteiger partial charge < -0.3 is 5.11 Å². The van der Waals surface area contributed by atoms with Crippen molar-refractivity contribution in [3.8, 4) is 0 Å². The molecule has 0 bridgehead atoms. The first-order valence-electron chi connectivity index (χ1n) is 7.64. The zero-order valence-electron chi connectivity index (χ0n) is 13.1. The fourth-order valence-electron chi connectivity index (χ4n) is 2.42. The molecule has 2 N–H and O–H groups in total. The minimum absolute atomic E-state index is 0.0904. The molecule has 6 heteroatoms. The molecule has 1 atom stereocenters. The Labute approximate surface area is 137 Å². The third-order valence-corrected chi connectivity index (χ3v) is 5.23. The molecule has 0 aliphatic rings. The van der Waals surface area contributed by atoms with Crippen molar-refractivity contribution in [1.29, 1.82) is 0 Å². The van der Waals surface area contributed by atoms with Gasteiger partial charge in [-0.25, -0.2) is 13.1 Å². The number of aromatic nitrogens is 1. The molecular formula is C17H22N2O3S. The molecule has 1 heterocycles. The summed E-state index contributed by atoms with van der Waals surface area (Å²) in [6, 6.07) is 10.7. The topological polar surface area (TPSA) is 79.3 Å². The van der Waals surface area contributed by atoms with Crippen molar-refractivity contribution >= 4 is 10.0 Å². The lowest BCUT2D eigenvalue weighted by atomic mass is 10.0.